The first-order chi connectivity index (χ1) is 8.29. The van der Waals surface area contributed by atoms with E-state index in [1.165, 1.54) is 17.3 Å². The molecule has 5 heteroatoms. The number of hydrogen-bond acceptors (Lipinski definition) is 4. The molecule has 0 unspecified atom stereocenters. The summed E-state index contributed by atoms with van der Waals surface area (Å²) < 4.78 is 6.58. The molecule has 2 rings (SSSR count). The van der Waals surface area contributed by atoms with Gasteiger partial charge in [-0.3, -0.25) is 0 Å². The van der Waals surface area contributed by atoms with E-state index in [4.69, 9.17) is 4.74 Å². The van der Waals surface area contributed by atoms with E-state index in [0.29, 0.717) is 5.76 Å². The highest BCUT2D eigenvalue weighted by atomic mass is 16.5. The number of benzene rings is 1. The Bertz CT molecular complexity index is 514. The van der Waals surface area contributed by atoms with Crippen LogP contribution >= 0.6 is 0 Å². The molecular formula is C12H12N4O. The van der Waals surface area contributed by atoms with E-state index in [2.05, 4.69) is 21.9 Å². The third-order valence-corrected chi connectivity index (χ3v) is 2.23. The van der Waals surface area contributed by atoms with Gasteiger partial charge in [0.15, 0.2) is 0 Å². The average Bonchev–Trinajstić information content (AvgIpc) is 2.89. The Balaban J connectivity index is 2.11. The van der Waals surface area contributed by atoms with Crippen LogP contribution < -0.4 is 0 Å². The zero-order valence-corrected chi connectivity index (χ0v) is 9.45. The van der Waals surface area contributed by atoms with Crippen LogP contribution in [0.4, 0.5) is 0 Å². The van der Waals surface area contributed by atoms with Gasteiger partial charge in [0.05, 0.1) is 13.3 Å². The lowest BCUT2D eigenvalue weighted by molar-refractivity contribution is 0.371. The van der Waals surface area contributed by atoms with Gasteiger partial charge in [0.2, 0.25) is 0 Å². The number of aromatic nitrogens is 3. The SMILES string of the molecule is C=C(OC)c1ccc(/C=N/n2cnnc2)cc1. The minimum Gasteiger partial charge on any atom is -0.497 e. The molecule has 17 heavy (non-hydrogen) atoms. The average molecular weight is 228 g/mol. The summed E-state index contributed by atoms with van der Waals surface area (Å²) >= 11 is 0. The summed E-state index contributed by atoms with van der Waals surface area (Å²) in [6.07, 6.45) is 4.78. The third kappa shape index (κ3) is 2.78. The zero-order chi connectivity index (χ0) is 12.1. The van der Waals surface area contributed by atoms with Crippen molar-refractivity contribution in [1.29, 1.82) is 0 Å². The molecule has 2 aromatic rings. The zero-order valence-electron chi connectivity index (χ0n) is 9.45. The minimum absolute atomic E-state index is 0.646. The normalized spacial score (nSPS) is 10.6. The molecule has 86 valence electrons. The Labute approximate surface area is 99.1 Å². The molecule has 0 spiro atoms. The Hall–Kier alpha value is -2.43. The Morgan fingerprint density at radius 3 is 2.53 bits per heavy atom. The topological polar surface area (TPSA) is 52.3 Å². The van der Waals surface area contributed by atoms with Crippen LogP contribution in [0.5, 0.6) is 0 Å². The molecule has 0 aliphatic rings. The van der Waals surface area contributed by atoms with Crippen LogP contribution in [0.1, 0.15) is 11.1 Å². The van der Waals surface area contributed by atoms with Gasteiger partial charge in [0, 0.05) is 5.56 Å². The van der Waals surface area contributed by atoms with E-state index < -0.39 is 0 Å². The molecule has 5 nitrogen and oxygen atoms in total. The van der Waals surface area contributed by atoms with Crippen molar-refractivity contribution in [3.05, 3.63) is 54.6 Å². The van der Waals surface area contributed by atoms with Gasteiger partial charge in [-0.1, -0.05) is 30.8 Å². The predicted octanol–water partition coefficient (Wildman–Crippen LogP) is 1.78. The summed E-state index contributed by atoms with van der Waals surface area (Å²) in [5.41, 5.74) is 1.93. The van der Waals surface area contributed by atoms with E-state index in [1.807, 2.05) is 24.3 Å². The van der Waals surface area contributed by atoms with E-state index in [9.17, 15) is 0 Å². The number of ether oxygens (including phenoxy) is 1. The first-order valence-corrected chi connectivity index (χ1v) is 5.02. The van der Waals surface area contributed by atoms with E-state index in [-0.39, 0.29) is 0 Å². The summed E-state index contributed by atoms with van der Waals surface area (Å²) in [6, 6.07) is 7.74. The van der Waals surface area contributed by atoms with Crippen molar-refractivity contribution in [2.75, 3.05) is 7.11 Å². The summed E-state index contributed by atoms with van der Waals surface area (Å²) in [6.45, 7) is 3.78. The third-order valence-electron chi connectivity index (χ3n) is 2.23. The van der Waals surface area contributed by atoms with Crippen LogP contribution in [0.25, 0.3) is 5.76 Å². The number of rotatable bonds is 4. The first kappa shape index (κ1) is 11.1. The Kier molecular flexibility index (Phi) is 3.30. The fourth-order valence-corrected chi connectivity index (χ4v) is 1.26. The molecule has 0 bridgehead atoms. The fourth-order valence-electron chi connectivity index (χ4n) is 1.26. The molecular weight excluding hydrogens is 216 g/mol. The Morgan fingerprint density at radius 1 is 1.29 bits per heavy atom. The molecule has 0 aliphatic carbocycles. The van der Waals surface area contributed by atoms with Crippen LogP contribution in [0.2, 0.25) is 0 Å². The van der Waals surface area contributed by atoms with Crippen molar-refractivity contribution in [3.8, 4) is 0 Å². The molecule has 1 aromatic carbocycles. The predicted molar refractivity (Wildman–Crippen MR) is 65.5 cm³/mol. The van der Waals surface area contributed by atoms with Crippen LogP contribution in [0.15, 0.2) is 48.6 Å². The van der Waals surface area contributed by atoms with Gasteiger partial charge in [-0.15, -0.1) is 10.2 Å². The lowest BCUT2D eigenvalue weighted by Gasteiger charge is -2.03. The lowest BCUT2D eigenvalue weighted by atomic mass is 10.1. The highest BCUT2D eigenvalue weighted by Crippen LogP contribution is 2.12. The van der Waals surface area contributed by atoms with Gasteiger partial charge in [-0.2, -0.15) is 5.10 Å². The first-order valence-electron chi connectivity index (χ1n) is 5.02. The minimum atomic E-state index is 0.646. The number of nitrogens with zero attached hydrogens (tertiary/aromatic N) is 4. The van der Waals surface area contributed by atoms with Crippen molar-refractivity contribution < 1.29 is 4.74 Å². The number of methoxy groups -OCH3 is 1. The molecule has 0 fully saturated rings. The fraction of sp³-hybridized carbons (Fsp3) is 0.0833. The van der Waals surface area contributed by atoms with E-state index in [1.54, 1.807) is 13.3 Å². The summed E-state index contributed by atoms with van der Waals surface area (Å²) in [4.78, 5) is 0. The largest absolute Gasteiger partial charge is 0.497 e. The Morgan fingerprint density at radius 2 is 1.94 bits per heavy atom. The summed E-state index contributed by atoms with van der Waals surface area (Å²) in [5.74, 6) is 0.646. The second-order valence-corrected chi connectivity index (χ2v) is 3.34. The molecule has 0 saturated heterocycles. The summed E-state index contributed by atoms with van der Waals surface area (Å²) in [7, 11) is 1.60. The van der Waals surface area contributed by atoms with Crippen molar-refractivity contribution in [2.24, 2.45) is 5.10 Å². The standard InChI is InChI=1S/C12H12N4O/c1-10(17-2)12-5-3-11(4-6-12)7-15-16-8-13-14-9-16/h3-9H,1H2,2H3/b15-7+. The van der Waals surface area contributed by atoms with Gasteiger partial charge >= 0.3 is 0 Å². The van der Waals surface area contributed by atoms with Crippen LogP contribution in [0.3, 0.4) is 0 Å². The molecule has 0 atom stereocenters. The van der Waals surface area contributed by atoms with Gasteiger partial charge in [-0.05, 0) is 5.56 Å². The van der Waals surface area contributed by atoms with Crippen LogP contribution in [-0.2, 0) is 4.74 Å². The van der Waals surface area contributed by atoms with Crippen molar-refractivity contribution in [2.45, 2.75) is 0 Å². The molecule has 1 aromatic heterocycles. The smallest absolute Gasteiger partial charge is 0.141 e. The van der Waals surface area contributed by atoms with E-state index >= 15 is 0 Å². The maximum Gasteiger partial charge on any atom is 0.141 e. The molecule has 0 amide bonds. The highest BCUT2D eigenvalue weighted by molar-refractivity contribution is 5.80. The summed E-state index contributed by atoms with van der Waals surface area (Å²) in [5, 5.41) is 11.5. The van der Waals surface area contributed by atoms with Gasteiger partial charge in [0.1, 0.15) is 18.4 Å². The monoisotopic (exact) mass is 228 g/mol. The van der Waals surface area contributed by atoms with Crippen LogP contribution in [-0.4, -0.2) is 28.2 Å². The van der Waals surface area contributed by atoms with Gasteiger partial charge in [0.25, 0.3) is 0 Å². The van der Waals surface area contributed by atoms with Crippen LogP contribution in [0, 0.1) is 0 Å². The molecule has 0 radical (unpaired) electrons. The van der Waals surface area contributed by atoms with E-state index in [0.717, 1.165) is 11.1 Å². The van der Waals surface area contributed by atoms with Crippen molar-refractivity contribution >= 4 is 12.0 Å². The molecule has 1 heterocycles. The molecule has 0 N–H and O–H groups in total. The van der Waals surface area contributed by atoms with Gasteiger partial charge < -0.3 is 4.74 Å². The maximum atomic E-state index is 5.05. The van der Waals surface area contributed by atoms with Crippen molar-refractivity contribution in [1.82, 2.24) is 14.9 Å². The quantitative estimate of drug-likeness (QED) is 0.592. The number of hydrogen-bond donors (Lipinski definition) is 0. The van der Waals surface area contributed by atoms with Gasteiger partial charge in [-0.25, -0.2) is 4.68 Å². The van der Waals surface area contributed by atoms with Crippen molar-refractivity contribution in [3.63, 3.8) is 0 Å². The second-order valence-electron chi connectivity index (χ2n) is 3.34. The highest BCUT2D eigenvalue weighted by Gasteiger charge is 1.97. The lowest BCUT2D eigenvalue weighted by Crippen LogP contribution is -1.89. The molecule has 0 saturated carbocycles. The maximum absolute atomic E-state index is 5.05. The molecule has 0 aliphatic heterocycles. The second kappa shape index (κ2) is 5.07.